The number of nitrogens with zero attached hydrogens (tertiary/aromatic N) is 2. The average Bonchev–Trinajstić information content (AvgIpc) is 3.37. The Morgan fingerprint density at radius 1 is 1.38 bits per heavy atom. The van der Waals surface area contributed by atoms with Crippen molar-refractivity contribution in [3.05, 3.63) is 23.9 Å². The van der Waals surface area contributed by atoms with Crippen LogP contribution in [0.15, 0.2) is 18.3 Å². The molecule has 4 N–H and O–H groups in total. The largest absolute Gasteiger partial charge is 0.481 e. The lowest BCUT2D eigenvalue weighted by atomic mass is 10.1. The summed E-state index contributed by atoms with van der Waals surface area (Å²) in [6.07, 6.45) is 4.75. The van der Waals surface area contributed by atoms with E-state index in [9.17, 15) is 14.4 Å². The fourth-order valence-electron chi connectivity index (χ4n) is 2.79. The van der Waals surface area contributed by atoms with Crippen molar-refractivity contribution in [1.82, 2.24) is 15.2 Å². The van der Waals surface area contributed by atoms with E-state index in [1.807, 2.05) is 6.07 Å². The van der Waals surface area contributed by atoms with Crippen LogP contribution < -0.4 is 11.1 Å². The number of anilines is 1. The predicted molar refractivity (Wildman–Crippen MR) is 96.2 cm³/mol. The van der Waals surface area contributed by atoms with Gasteiger partial charge in [-0.05, 0) is 50.3 Å². The summed E-state index contributed by atoms with van der Waals surface area (Å²) in [5.74, 6) is -1.33. The highest BCUT2D eigenvalue weighted by Crippen LogP contribution is 2.18. The van der Waals surface area contributed by atoms with Gasteiger partial charge in [0.15, 0.2) is 0 Å². The Bertz CT molecular complexity index is 660. The number of aliphatic carboxylic acids is 1. The van der Waals surface area contributed by atoms with Crippen molar-refractivity contribution in [1.29, 1.82) is 0 Å². The number of nitrogens with one attached hydrogen (secondary N) is 1. The van der Waals surface area contributed by atoms with Gasteiger partial charge in [0, 0.05) is 24.7 Å². The maximum absolute atomic E-state index is 12.6. The molecule has 1 aliphatic rings. The molecule has 26 heavy (non-hydrogen) atoms. The van der Waals surface area contributed by atoms with Crippen LogP contribution in [0.3, 0.4) is 0 Å². The predicted octanol–water partition coefficient (Wildman–Crippen LogP) is 0.957. The maximum Gasteiger partial charge on any atom is 0.305 e. The normalized spacial score (nSPS) is 14.7. The number of nitrogen functional groups attached to an aromatic ring is 1. The molecular weight excluding hydrogens is 336 g/mol. The summed E-state index contributed by atoms with van der Waals surface area (Å²) in [6.45, 7) is 1.64. The van der Waals surface area contributed by atoms with Gasteiger partial charge in [-0.1, -0.05) is 0 Å². The molecule has 1 aromatic rings. The van der Waals surface area contributed by atoms with E-state index in [2.05, 4.69) is 10.3 Å². The first-order valence-corrected chi connectivity index (χ1v) is 8.87. The highest BCUT2D eigenvalue weighted by Gasteiger charge is 2.29. The molecular formula is C18H26N4O4. The van der Waals surface area contributed by atoms with E-state index in [4.69, 9.17) is 10.8 Å². The van der Waals surface area contributed by atoms with E-state index in [1.165, 1.54) is 0 Å². The lowest BCUT2D eigenvalue weighted by Gasteiger charge is -2.27. The van der Waals surface area contributed by atoms with E-state index in [0.29, 0.717) is 24.7 Å². The number of hydrogen-bond donors (Lipinski definition) is 3. The molecule has 0 spiro atoms. The number of hydrogen-bond acceptors (Lipinski definition) is 6. The number of imide groups is 1. The minimum Gasteiger partial charge on any atom is -0.481 e. The van der Waals surface area contributed by atoms with Crippen LogP contribution >= 0.6 is 0 Å². The molecule has 8 heteroatoms. The molecule has 1 fully saturated rings. The van der Waals surface area contributed by atoms with Gasteiger partial charge in [-0.15, -0.1) is 0 Å². The number of carbonyl (C=O) groups is 3. The Balaban J connectivity index is 1.91. The topological polar surface area (TPSA) is 126 Å². The molecule has 1 saturated carbocycles. The third kappa shape index (κ3) is 6.44. The molecule has 8 nitrogen and oxygen atoms in total. The second kappa shape index (κ2) is 9.28. The number of nitrogens with two attached hydrogens (primary N) is 1. The summed E-state index contributed by atoms with van der Waals surface area (Å²) in [7, 11) is 0. The Kier molecular flexibility index (Phi) is 7.08. The van der Waals surface area contributed by atoms with E-state index in [1.54, 1.807) is 19.2 Å². The van der Waals surface area contributed by atoms with Crippen LogP contribution in [0, 0.1) is 0 Å². The minimum absolute atomic E-state index is 0.0568. The Morgan fingerprint density at radius 3 is 2.73 bits per heavy atom. The number of carbonyl (C=O) groups excluding carboxylic acids is 2. The number of rotatable bonds is 10. The smallest absolute Gasteiger partial charge is 0.305 e. The summed E-state index contributed by atoms with van der Waals surface area (Å²) in [5.41, 5.74) is 6.60. The van der Waals surface area contributed by atoms with Gasteiger partial charge in [-0.2, -0.15) is 0 Å². The van der Waals surface area contributed by atoms with Crippen LogP contribution in [-0.2, 0) is 20.8 Å². The van der Waals surface area contributed by atoms with Gasteiger partial charge in [0.2, 0.25) is 11.8 Å². The van der Waals surface area contributed by atoms with Crippen LogP contribution in [0.25, 0.3) is 0 Å². The lowest BCUT2D eigenvalue weighted by Crippen LogP contribution is -2.48. The summed E-state index contributed by atoms with van der Waals surface area (Å²) < 4.78 is 0. The first-order valence-electron chi connectivity index (χ1n) is 8.87. The maximum atomic E-state index is 12.6. The van der Waals surface area contributed by atoms with Gasteiger partial charge in [-0.3, -0.25) is 19.3 Å². The molecule has 1 aliphatic carbocycles. The molecule has 2 rings (SSSR count). The number of carboxylic acid groups (broad SMARTS) is 1. The molecule has 1 unspecified atom stereocenters. The summed E-state index contributed by atoms with van der Waals surface area (Å²) in [6, 6.07) is 3.24. The zero-order valence-electron chi connectivity index (χ0n) is 15.0. The standard InChI is InChI=1S/C18H26N4O4/c1-12(9-18(25)26)22(17(24)11-21-14-5-6-14)16(23)4-2-3-13-7-8-20-15(19)10-13/h7-8,10,12,14,21H,2-6,9,11H2,1H3,(H2,19,20)(H,25,26). The molecule has 0 radical (unpaired) electrons. The second-order valence-electron chi connectivity index (χ2n) is 6.70. The van der Waals surface area contributed by atoms with Crippen molar-refractivity contribution in [2.45, 2.75) is 57.5 Å². The average molecular weight is 362 g/mol. The monoisotopic (exact) mass is 362 g/mol. The highest BCUT2D eigenvalue weighted by molar-refractivity contribution is 5.97. The van der Waals surface area contributed by atoms with Crippen LogP contribution in [0.2, 0.25) is 0 Å². The first kappa shape index (κ1) is 19.8. The quantitative estimate of drug-likeness (QED) is 0.566. The number of carboxylic acids is 1. The Morgan fingerprint density at radius 2 is 2.12 bits per heavy atom. The molecule has 1 atom stereocenters. The number of pyridine rings is 1. The van der Waals surface area contributed by atoms with Crippen molar-refractivity contribution >= 4 is 23.6 Å². The number of amides is 2. The van der Waals surface area contributed by atoms with Crippen LogP contribution in [0.4, 0.5) is 5.82 Å². The Hall–Kier alpha value is -2.48. The van der Waals surface area contributed by atoms with Crippen molar-refractivity contribution in [2.75, 3.05) is 12.3 Å². The van der Waals surface area contributed by atoms with Gasteiger partial charge >= 0.3 is 5.97 Å². The van der Waals surface area contributed by atoms with Gasteiger partial charge in [0.25, 0.3) is 0 Å². The van der Waals surface area contributed by atoms with Crippen LogP contribution in [0.1, 0.15) is 44.6 Å². The van der Waals surface area contributed by atoms with Gasteiger partial charge in [-0.25, -0.2) is 4.98 Å². The van der Waals surface area contributed by atoms with Crippen LogP contribution in [-0.4, -0.2) is 51.4 Å². The third-order valence-corrected chi connectivity index (χ3v) is 4.27. The summed E-state index contributed by atoms with van der Waals surface area (Å²) >= 11 is 0. The summed E-state index contributed by atoms with van der Waals surface area (Å²) in [5, 5.41) is 12.1. The molecule has 1 heterocycles. The molecule has 0 saturated heterocycles. The van der Waals surface area contributed by atoms with E-state index >= 15 is 0 Å². The molecule has 2 amide bonds. The van der Waals surface area contributed by atoms with E-state index < -0.39 is 12.0 Å². The minimum atomic E-state index is -1.04. The molecule has 0 aliphatic heterocycles. The highest BCUT2D eigenvalue weighted by atomic mass is 16.4. The zero-order valence-corrected chi connectivity index (χ0v) is 15.0. The van der Waals surface area contributed by atoms with E-state index in [-0.39, 0.29) is 31.2 Å². The zero-order chi connectivity index (χ0) is 19.1. The van der Waals surface area contributed by atoms with Gasteiger partial charge in [0.05, 0.1) is 13.0 Å². The molecule has 0 bridgehead atoms. The van der Waals surface area contributed by atoms with Gasteiger partial charge in [0.1, 0.15) is 5.82 Å². The Labute approximate surface area is 152 Å². The molecule has 1 aromatic heterocycles. The summed E-state index contributed by atoms with van der Waals surface area (Å²) in [4.78, 5) is 41.0. The first-order chi connectivity index (χ1) is 12.4. The van der Waals surface area contributed by atoms with Crippen molar-refractivity contribution < 1.29 is 19.5 Å². The second-order valence-corrected chi connectivity index (χ2v) is 6.70. The SMILES string of the molecule is CC(CC(=O)O)N(C(=O)CCCc1ccnc(N)c1)C(=O)CNC1CC1. The molecule has 142 valence electrons. The third-order valence-electron chi connectivity index (χ3n) is 4.27. The fourth-order valence-corrected chi connectivity index (χ4v) is 2.79. The lowest BCUT2D eigenvalue weighted by molar-refractivity contribution is -0.148. The number of aryl methyl sites for hydroxylation is 1. The molecule has 0 aromatic carbocycles. The van der Waals surface area contributed by atoms with Crippen molar-refractivity contribution in [3.8, 4) is 0 Å². The fraction of sp³-hybridized carbons (Fsp3) is 0.556. The van der Waals surface area contributed by atoms with Crippen molar-refractivity contribution in [2.24, 2.45) is 0 Å². The number of aromatic nitrogens is 1. The van der Waals surface area contributed by atoms with Crippen LogP contribution in [0.5, 0.6) is 0 Å². The van der Waals surface area contributed by atoms with Crippen molar-refractivity contribution in [3.63, 3.8) is 0 Å². The van der Waals surface area contributed by atoms with Gasteiger partial charge < -0.3 is 16.2 Å². The van der Waals surface area contributed by atoms with E-state index in [0.717, 1.165) is 23.3 Å².